The molecule has 0 aromatic carbocycles. The molecule has 8 heteroatoms. The number of nitrogens with zero attached hydrogens (tertiary/aromatic N) is 6. The van der Waals surface area contributed by atoms with Crippen molar-refractivity contribution in [2.45, 2.75) is 20.0 Å². The zero-order valence-electron chi connectivity index (χ0n) is 12.5. The van der Waals surface area contributed by atoms with Gasteiger partial charge in [0.25, 0.3) is 5.91 Å². The second-order valence-electron chi connectivity index (χ2n) is 4.93. The molecular weight excluding hydrogens is 282 g/mol. The average Bonchev–Trinajstić information content (AvgIpc) is 3.21. The third-order valence-electron chi connectivity index (χ3n) is 3.30. The Hall–Kier alpha value is -2.90. The predicted molar refractivity (Wildman–Crippen MR) is 80.4 cm³/mol. The summed E-state index contributed by atoms with van der Waals surface area (Å²) in [5.41, 5.74) is 2.21. The number of hydrogen-bond acceptors (Lipinski definition) is 4. The monoisotopic (exact) mass is 299 g/mol. The minimum atomic E-state index is -0.210. The van der Waals surface area contributed by atoms with Gasteiger partial charge in [0.1, 0.15) is 5.69 Å². The summed E-state index contributed by atoms with van der Waals surface area (Å²) in [6, 6.07) is 1.67. The van der Waals surface area contributed by atoms with Crippen LogP contribution < -0.4 is 5.32 Å². The second-order valence-corrected chi connectivity index (χ2v) is 4.93. The van der Waals surface area contributed by atoms with Crippen molar-refractivity contribution in [1.82, 2.24) is 29.3 Å². The summed E-state index contributed by atoms with van der Waals surface area (Å²) in [5.74, 6) is -0.210. The Labute approximate surface area is 127 Å². The van der Waals surface area contributed by atoms with Gasteiger partial charge >= 0.3 is 0 Å². The van der Waals surface area contributed by atoms with Crippen molar-refractivity contribution in [1.29, 1.82) is 0 Å². The molecule has 1 amide bonds. The summed E-state index contributed by atoms with van der Waals surface area (Å²) < 4.78 is 5.15. The molecule has 0 fully saturated rings. The minimum absolute atomic E-state index is 0.210. The van der Waals surface area contributed by atoms with Gasteiger partial charge in [0, 0.05) is 37.7 Å². The van der Waals surface area contributed by atoms with Crippen molar-refractivity contribution in [3.63, 3.8) is 0 Å². The molecular formula is C14H17N7O. The van der Waals surface area contributed by atoms with Crippen LogP contribution in [-0.2, 0) is 20.1 Å². The topological polar surface area (TPSA) is 82.6 Å². The molecule has 3 rings (SSSR count). The lowest BCUT2D eigenvalue weighted by Gasteiger charge is -2.02. The number of aryl methyl sites for hydroxylation is 2. The third kappa shape index (κ3) is 2.90. The van der Waals surface area contributed by atoms with Gasteiger partial charge < -0.3 is 5.32 Å². The van der Waals surface area contributed by atoms with Gasteiger partial charge in [-0.3, -0.25) is 18.8 Å². The number of amides is 1. The van der Waals surface area contributed by atoms with Crippen LogP contribution in [0.2, 0.25) is 0 Å². The van der Waals surface area contributed by atoms with E-state index < -0.39 is 0 Å². The number of anilines is 1. The maximum Gasteiger partial charge on any atom is 0.274 e. The third-order valence-corrected chi connectivity index (χ3v) is 3.30. The summed E-state index contributed by atoms with van der Waals surface area (Å²) in [4.78, 5) is 12.1. The molecule has 114 valence electrons. The van der Waals surface area contributed by atoms with E-state index in [9.17, 15) is 4.79 Å². The van der Waals surface area contributed by atoms with Gasteiger partial charge in [-0.25, -0.2) is 0 Å². The average molecular weight is 299 g/mol. The summed E-state index contributed by atoms with van der Waals surface area (Å²) in [5, 5.41) is 15.3. The number of rotatable bonds is 5. The normalized spacial score (nSPS) is 10.8. The zero-order chi connectivity index (χ0) is 15.5. The van der Waals surface area contributed by atoms with E-state index in [0.29, 0.717) is 17.9 Å². The molecule has 0 radical (unpaired) electrons. The van der Waals surface area contributed by atoms with Gasteiger partial charge in [0.05, 0.1) is 24.6 Å². The molecule has 0 saturated heterocycles. The van der Waals surface area contributed by atoms with E-state index in [1.807, 2.05) is 24.0 Å². The van der Waals surface area contributed by atoms with Gasteiger partial charge in [-0.15, -0.1) is 0 Å². The highest BCUT2D eigenvalue weighted by molar-refractivity contribution is 6.02. The van der Waals surface area contributed by atoms with Crippen molar-refractivity contribution < 1.29 is 4.79 Å². The molecule has 3 heterocycles. The summed E-state index contributed by atoms with van der Waals surface area (Å²) in [6.45, 7) is 3.49. The van der Waals surface area contributed by atoms with Crippen molar-refractivity contribution >= 4 is 11.6 Å². The molecule has 3 aromatic heterocycles. The summed E-state index contributed by atoms with van der Waals surface area (Å²) in [6.07, 6.45) is 8.80. The molecule has 0 bridgehead atoms. The van der Waals surface area contributed by atoms with Crippen LogP contribution in [0.3, 0.4) is 0 Å². The van der Waals surface area contributed by atoms with Gasteiger partial charge in [-0.2, -0.15) is 15.3 Å². The van der Waals surface area contributed by atoms with Crippen LogP contribution in [0, 0.1) is 0 Å². The number of nitrogens with one attached hydrogen (secondary N) is 1. The van der Waals surface area contributed by atoms with Crippen LogP contribution in [0.4, 0.5) is 5.69 Å². The highest BCUT2D eigenvalue weighted by atomic mass is 16.2. The molecule has 0 spiro atoms. The lowest BCUT2D eigenvalue weighted by atomic mass is 10.3. The Morgan fingerprint density at radius 3 is 2.68 bits per heavy atom. The fraction of sp³-hybridized carbons (Fsp3) is 0.286. The molecule has 0 aliphatic rings. The first-order valence-corrected chi connectivity index (χ1v) is 6.99. The Kier molecular flexibility index (Phi) is 3.73. The van der Waals surface area contributed by atoms with Crippen molar-refractivity contribution in [2.24, 2.45) is 7.05 Å². The molecule has 0 atom stereocenters. The summed E-state index contributed by atoms with van der Waals surface area (Å²) in [7, 11) is 1.73. The maximum atomic E-state index is 12.1. The molecule has 1 N–H and O–H groups in total. The predicted octanol–water partition coefficient (Wildman–Crippen LogP) is 1.13. The first-order valence-electron chi connectivity index (χ1n) is 6.99. The van der Waals surface area contributed by atoms with E-state index in [0.717, 1.165) is 12.1 Å². The van der Waals surface area contributed by atoms with E-state index in [4.69, 9.17) is 0 Å². The number of carbonyl (C=O) groups excluding carboxylic acids is 1. The number of hydrogen-bond donors (Lipinski definition) is 1. The fourth-order valence-corrected chi connectivity index (χ4v) is 2.15. The molecule has 22 heavy (non-hydrogen) atoms. The quantitative estimate of drug-likeness (QED) is 0.765. The van der Waals surface area contributed by atoms with Crippen molar-refractivity contribution in [3.05, 3.63) is 48.3 Å². The molecule has 0 aliphatic heterocycles. The maximum absolute atomic E-state index is 12.1. The van der Waals surface area contributed by atoms with E-state index in [2.05, 4.69) is 20.6 Å². The van der Waals surface area contributed by atoms with Crippen LogP contribution in [0.1, 0.15) is 23.0 Å². The number of aromatic nitrogens is 6. The first kappa shape index (κ1) is 14.1. The van der Waals surface area contributed by atoms with Crippen LogP contribution >= 0.6 is 0 Å². The van der Waals surface area contributed by atoms with E-state index in [-0.39, 0.29) is 5.91 Å². The lowest BCUT2D eigenvalue weighted by Crippen LogP contribution is -2.15. The Morgan fingerprint density at radius 2 is 2.00 bits per heavy atom. The summed E-state index contributed by atoms with van der Waals surface area (Å²) >= 11 is 0. The fourth-order valence-electron chi connectivity index (χ4n) is 2.15. The van der Waals surface area contributed by atoms with Gasteiger partial charge in [0.15, 0.2) is 0 Å². The van der Waals surface area contributed by atoms with Crippen LogP contribution in [0.25, 0.3) is 0 Å². The highest BCUT2D eigenvalue weighted by Gasteiger charge is 2.11. The molecule has 0 aliphatic carbocycles. The van der Waals surface area contributed by atoms with Gasteiger partial charge in [0.2, 0.25) is 0 Å². The Morgan fingerprint density at radius 1 is 1.18 bits per heavy atom. The SMILES string of the molecule is CCn1cc(Cn2cc(NC(=O)c3ccnn3C)cn2)cn1. The largest absolute Gasteiger partial charge is 0.318 e. The molecule has 0 saturated carbocycles. The number of carbonyl (C=O) groups is 1. The van der Waals surface area contributed by atoms with Crippen molar-refractivity contribution in [3.8, 4) is 0 Å². The second kappa shape index (κ2) is 5.84. The van der Waals surface area contributed by atoms with Crippen LogP contribution in [0.5, 0.6) is 0 Å². The van der Waals surface area contributed by atoms with E-state index in [1.165, 1.54) is 4.68 Å². The molecule has 3 aromatic rings. The van der Waals surface area contributed by atoms with E-state index in [1.54, 1.807) is 36.4 Å². The standard InChI is InChI=1S/C14H17N7O/c1-3-20-8-11(6-16-20)9-21-10-12(7-17-21)18-14(22)13-4-5-15-19(13)2/h4-8,10H,3,9H2,1-2H3,(H,18,22). The smallest absolute Gasteiger partial charge is 0.274 e. The molecule has 8 nitrogen and oxygen atoms in total. The molecule has 0 unspecified atom stereocenters. The Balaban J connectivity index is 1.66. The first-order chi connectivity index (χ1) is 10.7. The van der Waals surface area contributed by atoms with Crippen LogP contribution in [0.15, 0.2) is 37.1 Å². The van der Waals surface area contributed by atoms with Crippen molar-refractivity contribution in [2.75, 3.05) is 5.32 Å². The lowest BCUT2D eigenvalue weighted by molar-refractivity contribution is 0.101. The van der Waals surface area contributed by atoms with Gasteiger partial charge in [-0.05, 0) is 13.0 Å². The Bertz CT molecular complexity index is 783. The van der Waals surface area contributed by atoms with Crippen LogP contribution in [-0.4, -0.2) is 35.2 Å². The van der Waals surface area contributed by atoms with E-state index >= 15 is 0 Å². The zero-order valence-corrected chi connectivity index (χ0v) is 12.5. The van der Waals surface area contributed by atoms with Gasteiger partial charge in [-0.1, -0.05) is 0 Å². The minimum Gasteiger partial charge on any atom is -0.318 e. The highest BCUT2D eigenvalue weighted by Crippen LogP contribution is 2.09.